The molecule has 0 radical (unpaired) electrons. The minimum atomic E-state index is -0.0393. The van der Waals surface area contributed by atoms with E-state index < -0.39 is 0 Å². The Labute approximate surface area is 112 Å². The largest absolute Gasteiger partial charge is 0.466 e. The fourth-order valence-corrected chi connectivity index (χ4v) is 2.27. The fraction of sp³-hybridized carbons (Fsp3) is 0.933. The van der Waals surface area contributed by atoms with Crippen LogP contribution >= 0.6 is 0 Å². The van der Waals surface area contributed by atoms with Crippen LogP contribution in [0.4, 0.5) is 0 Å². The van der Waals surface area contributed by atoms with Crippen LogP contribution in [0.15, 0.2) is 0 Å². The highest BCUT2D eigenvalue weighted by atomic mass is 16.5. The molecule has 18 heavy (non-hydrogen) atoms. The van der Waals surface area contributed by atoms with Gasteiger partial charge in [0.15, 0.2) is 0 Å². The average molecular weight is 255 g/mol. The predicted molar refractivity (Wildman–Crippen MR) is 74.6 cm³/mol. The molecule has 3 nitrogen and oxygen atoms in total. The van der Waals surface area contributed by atoms with E-state index in [0.717, 1.165) is 18.9 Å². The first-order valence-corrected chi connectivity index (χ1v) is 7.67. The maximum atomic E-state index is 11.2. The summed E-state index contributed by atoms with van der Waals surface area (Å²) in [6, 6.07) is 0.876. The summed E-state index contributed by atoms with van der Waals surface area (Å²) in [5, 5.41) is 0. The first-order chi connectivity index (χ1) is 8.77. The lowest BCUT2D eigenvalue weighted by Gasteiger charge is -2.21. The van der Waals surface area contributed by atoms with E-state index in [9.17, 15) is 4.79 Å². The number of esters is 1. The van der Waals surface area contributed by atoms with Gasteiger partial charge in [0.05, 0.1) is 6.61 Å². The summed E-state index contributed by atoms with van der Waals surface area (Å²) in [5.74, 6) is -0.0393. The van der Waals surface area contributed by atoms with Crippen molar-refractivity contribution in [2.24, 2.45) is 0 Å². The number of rotatable bonds is 11. The summed E-state index contributed by atoms with van der Waals surface area (Å²) in [4.78, 5) is 13.8. The Balaban J connectivity index is 1.99. The van der Waals surface area contributed by atoms with E-state index in [2.05, 4.69) is 11.8 Å². The zero-order valence-corrected chi connectivity index (χ0v) is 12.1. The van der Waals surface area contributed by atoms with Crippen molar-refractivity contribution in [1.29, 1.82) is 0 Å². The van der Waals surface area contributed by atoms with E-state index >= 15 is 0 Å². The highest BCUT2D eigenvalue weighted by Crippen LogP contribution is 2.27. The standard InChI is InChI=1S/C15H29NO2/c1-3-5-12-16(14-10-11-14)13-8-6-7-9-15(17)18-4-2/h14H,3-13H2,1-2H3. The maximum Gasteiger partial charge on any atom is 0.305 e. The molecular weight excluding hydrogens is 226 g/mol. The van der Waals surface area contributed by atoms with Crippen molar-refractivity contribution in [3.8, 4) is 0 Å². The summed E-state index contributed by atoms with van der Waals surface area (Å²) in [7, 11) is 0. The van der Waals surface area contributed by atoms with Crippen molar-refractivity contribution >= 4 is 5.97 Å². The molecule has 1 saturated carbocycles. The highest BCUT2D eigenvalue weighted by Gasteiger charge is 2.27. The van der Waals surface area contributed by atoms with Crippen LogP contribution in [0.3, 0.4) is 0 Å². The van der Waals surface area contributed by atoms with Gasteiger partial charge in [-0.1, -0.05) is 19.8 Å². The van der Waals surface area contributed by atoms with Gasteiger partial charge in [0.1, 0.15) is 0 Å². The van der Waals surface area contributed by atoms with E-state index in [1.807, 2.05) is 6.92 Å². The minimum Gasteiger partial charge on any atom is -0.466 e. The third kappa shape index (κ3) is 7.00. The Morgan fingerprint density at radius 1 is 1.11 bits per heavy atom. The Morgan fingerprint density at radius 2 is 1.83 bits per heavy atom. The van der Waals surface area contributed by atoms with E-state index in [1.165, 1.54) is 45.2 Å². The van der Waals surface area contributed by atoms with Crippen molar-refractivity contribution in [1.82, 2.24) is 4.90 Å². The monoisotopic (exact) mass is 255 g/mol. The molecule has 1 rings (SSSR count). The molecule has 0 atom stereocenters. The third-order valence-electron chi connectivity index (χ3n) is 3.49. The first-order valence-electron chi connectivity index (χ1n) is 7.67. The molecule has 3 heteroatoms. The molecule has 0 amide bonds. The number of hydrogen-bond donors (Lipinski definition) is 0. The molecule has 0 aromatic heterocycles. The van der Waals surface area contributed by atoms with Gasteiger partial charge in [0.25, 0.3) is 0 Å². The number of carbonyl (C=O) groups is 1. The van der Waals surface area contributed by atoms with Crippen molar-refractivity contribution < 1.29 is 9.53 Å². The summed E-state index contributed by atoms with van der Waals surface area (Å²) in [6.07, 6.45) is 9.33. The van der Waals surface area contributed by atoms with Gasteiger partial charge < -0.3 is 9.64 Å². The van der Waals surface area contributed by atoms with Crippen LogP contribution in [-0.2, 0) is 9.53 Å². The molecular formula is C15H29NO2. The Morgan fingerprint density at radius 3 is 2.44 bits per heavy atom. The molecule has 0 heterocycles. The molecule has 0 saturated heterocycles. The zero-order valence-electron chi connectivity index (χ0n) is 12.1. The van der Waals surface area contributed by atoms with Gasteiger partial charge in [-0.05, 0) is 52.1 Å². The van der Waals surface area contributed by atoms with Crippen LogP contribution in [0.1, 0.15) is 65.2 Å². The van der Waals surface area contributed by atoms with E-state index in [-0.39, 0.29) is 5.97 Å². The van der Waals surface area contributed by atoms with Gasteiger partial charge in [-0.3, -0.25) is 4.79 Å². The van der Waals surface area contributed by atoms with Crippen LogP contribution < -0.4 is 0 Å². The second kappa shape index (κ2) is 9.37. The molecule has 0 unspecified atom stereocenters. The molecule has 1 fully saturated rings. The van der Waals surface area contributed by atoms with Gasteiger partial charge >= 0.3 is 5.97 Å². The molecule has 0 aliphatic heterocycles. The normalized spacial score (nSPS) is 15.1. The third-order valence-corrected chi connectivity index (χ3v) is 3.49. The van der Waals surface area contributed by atoms with Gasteiger partial charge in [-0.2, -0.15) is 0 Å². The number of unbranched alkanes of at least 4 members (excludes halogenated alkanes) is 3. The lowest BCUT2D eigenvalue weighted by Crippen LogP contribution is -2.28. The van der Waals surface area contributed by atoms with Gasteiger partial charge in [0, 0.05) is 12.5 Å². The van der Waals surface area contributed by atoms with Crippen LogP contribution in [-0.4, -0.2) is 36.6 Å². The Kier molecular flexibility index (Phi) is 8.06. The second-order valence-corrected chi connectivity index (χ2v) is 5.24. The van der Waals surface area contributed by atoms with E-state index in [1.54, 1.807) is 0 Å². The predicted octanol–water partition coefficient (Wildman–Crippen LogP) is 3.37. The maximum absolute atomic E-state index is 11.2. The van der Waals surface area contributed by atoms with Crippen LogP contribution in [0.2, 0.25) is 0 Å². The van der Waals surface area contributed by atoms with Crippen LogP contribution in [0.5, 0.6) is 0 Å². The van der Waals surface area contributed by atoms with E-state index in [4.69, 9.17) is 4.74 Å². The number of nitrogens with zero attached hydrogens (tertiary/aromatic N) is 1. The number of hydrogen-bond acceptors (Lipinski definition) is 3. The van der Waals surface area contributed by atoms with Crippen molar-refractivity contribution in [2.75, 3.05) is 19.7 Å². The number of carbonyl (C=O) groups excluding carboxylic acids is 1. The lowest BCUT2D eigenvalue weighted by molar-refractivity contribution is -0.143. The quantitative estimate of drug-likeness (QED) is 0.419. The van der Waals surface area contributed by atoms with Crippen LogP contribution in [0, 0.1) is 0 Å². The summed E-state index contributed by atoms with van der Waals surface area (Å²) >= 11 is 0. The molecule has 0 aromatic rings. The molecule has 1 aliphatic rings. The van der Waals surface area contributed by atoms with Crippen molar-refractivity contribution in [2.45, 2.75) is 71.3 Å². The van der Waals surface area contributed by atoms with Gasteiger partial charge in [-0.15, -0.1) is 0 Å². The zero-order chi connectivity index (χ0) is 13.2. The van der Waals surface area contributed by atoms with Gasteiger partial charge in [-0.25, -0.2) is 0 Å². The van der Waals surface area contributed by atoms with Gasteiger partial charge in [0.2, 0.25) is 0 Å². The topological polar surface area (TPSA) is 29.5 Å². The fourth-order valence-electron chi connectivity index (χ4n) is 2.27. The summed E-state index contributed by atoms with van der Waals surface area (Å²) in [6.45, 7) is 7.10. The molecule has 0 aromatic carbocycles. The summed E-state index contributed by atoms with van der Waals surface area (Å²) in [5.41, 5.74) is 0. The Hall–Kier alpha value is -0.570. The first kappa shape index (κ1) is 15.5. The molecule has 1 aliphatic carbocycles. The highest BCUT2D eigenvalue weighted by molar-refractivity contribution is 5.69. The number of ether oxygens (including phenoxy) is 1. The van der Waals surface area contributed by atoms with E-state index in [0.29, 0.717) is 13.0 Å². The molecule has 106 valence electrons. The SMILES string of the molecule is CCCCN(CCCCCC(=O)OCC)C1CC1. The minimum absolute atomic E-state index is 0.0393. The molecule has 0 spiro atoms. The Bertz CT molecular complexity index is 227. The molecule has 0 N–H and O–H groups in total. The second-order valence-electron chi connectivity index (χ2n) is 5.24. The van der Waals surface area contributed by atoms with Crippen molar-refractivity contribution in [3.05, 3.63) is 0 Å². The summed E-state index contributed by atoms with van der Waals surface area (Å²) < 4.78 is 4.92. The van der Waals surface area contributed by atoms with Crippen LogP contribution in [0.25, 0.3) is 0 Å². The smallest absolute Gasteiger partial charge is 0.305 e. The lowest BCUT2D eigenvalue weighted by atomic mass is 10.2. The molecule has 0 bridgehead atoms. The van der Waals surface area contributed by atoms with Crippen molar-refractivity contribution in [3.63, 3.8) is 0 Å². The average Bonchev–Trinajstić information content (AvgIpc) is 3.17.